The van der Waals surface area contributed by atoms with E-state index in [4.69, 9.17) is 0 Å². The lowest BCUT2D eigenvalue weighted by Gasteiger charge is -2.06. The number of nitrogens with zero attached hydrogens (tertiary/aromatic N) is 3. The van der Waals surface area contributed by atoms with E-state index < -0.39 is 26.6 Å². The van der Waals surface area contributed by atoms with Gasteiger partial charge in [-0.15, -0.1) is 10.2 Å². The Kier molecular flexibility index (Phi) is 4.05. The molecule has 9 heteroatoms. The molecule has 0 saturated heterocycles. The number of hydrogen-bond donors (Lipinski definition) is 1. The van der Waals surface area contributed by atoms with Gasteiger partial charge in [-0.3, -0.25) is 4.40 Å². The van der Waals surface area contributed by atoms with E-state index in [2.05, 4.69) is 14.9 Å². The Morgan fingerprint density at radius 1 is 1.09 bits per heavy atom. The van der Waals surface area contributed by atoms with Crippen molar-refractivity contribution >= 4 is 15.7 Å². The third kappa shape index (κ3) is 3.35. The molecule has 0 atom stereocenters. The summed E-state index contributed by atoms with van der Waals surface area (Å²) >= 11 is 0. The quantitative estimate of drug-likeness (QED) is 0.765. The Morgan fingerprint density at radius 3 is 2.57 bits per heavy atom. The van der Waals surface area contributed by atoms with Crippen LogP contribution in [0.25, 0.3) is 5.65 Å². The fourth-order valence-corrected chi connectivity index (χ4v) is 3.20. The van der Waals surface area contributed by atoms with Gasteiger partial charge in [0.25, 0.3) is 0 Å². The lowest BCUT2D eigenvalue weighted by Crippen LogP contribution is -2.26. The van der Waals surface area contributed by atoms with Crippen LogP contribution in [0, 0.1) is 11.6 Å². The molecule has 0 unspecified atom stereocenters. The molecule has 3 aromatic rings. The first-order chi connectivity index (χ1) is 11.0. The number of nitrogens with one attached hydrogen (secondary N) is 1. The van der Waals surface area contributed by atoms with E-state index in [0.29, 0.717) is 17.5 Å². The summed E-state index contributed by atoms with van der Waals surface area (Å²) in [4.78, 5) is -0.457. The van der Waals surface area contributed by atoms with Gasteiger partial charge in [0, 0.05) is 25.2 Å². The van der Waals surface area contributed by atoms with Gasteiger partial charge in [-0.25, -0.2) is 21.9 Å². The Balaban J connectivity index is 1.72. The van der Waals surface area contributed by atoms with Crippen molar-refractivity contribution in [2.24, 2.45) is 0 Å². The van der Waals surface area contributed by atoms with Crippen LogP contribution in [-0.2, 0) is 16.4 Å². The summed E-state index contributed by atoms with van der Waals surface area (Å²) in [6.07, 6.45) is 2.04. The van der Waals surface area contributed by atoms with E-state index in [1.165, 1.54) is 0 Å². The van der Waals surface area contributed by atoms with Gasteiger partial charge in [0.15, 0.2) is 5.65 Å². The smallest absolute Gasteiger partial charge is 0.240 e. The van der Waals surface area contributed by atoms with Gasteiger partial charge in [-0.05, 0) is 24.3 Å². The lowest BCUT2D eigenvalue weighted by molar-refractivity contribution is 0.561. The van der Waals surface area contributed by atoms with Crippen molar-refractivity contribution in [3.8, 4) is 0 Å². The van der Waals surface area contributed by atoms with E-state index >= 15 is 0 Å². The van der Waals surface area contributed by atoms with Crippen LogP contribution in [0.5, 0.6) is 0 Å². The average molecular weight is 338 g/mol. The maximum atomic E-state index is 13.1. The Morgan fingerprint density at radius 2 is 1.83 bits per heavy atom. The van der Waals surface area contributed by atoms with Crippen molar-refractivity contribution in [3.05, 3.63) is 60.1 Å². The standard InChI is InChI=1S/C14H12F2N4O2S/c15-10-7-11(16)9-12(8-10)23(21,22)17-5-4-14-19-18-13-3-1-2-6-20(13)14/h1-3,6-9,17H,4-5H2. The first-order valence-electron chi connectivity index (χ1n) is 6.70. The summed E-state index contributed by atoms with van der Waals surface area (Å²) in [6, 6.07) is 7.53. The van der Waals surface area contributed by atoms with Crippen molar-refractivity contribution < 1.29 is 17.2 Å². The summed E-state index contributed by atoms with van der Waals surface area (Å²) in [5, 5.41) is 7.93. The van der Waals surface area contributed by atoms with Crippen LogP contribution in [0.2, 0.25) is 0 Å². The van der Waals surface area contributed by atoms with Gasteiger partial charge < -0.3 is 0 Å². The highest BCUT2D eigenvalue weighted by Crippen LogP contribution is 2.13. The van der Waals surface area contributed by atoms with Crippen molar-refractivity contribution in [3.63, 3.8) is 0 Å². The molecule has 3 rings (SSSR count). The molecule has 0 radical (unpaired) electrons. The van der Waals surface area contributed by atoms with Gasteiger partial charge >= 0.3 is 0 Å². The summed E-state index contributed by atoms with van der Waals surface area (Å²) in [7, 11) is -4.00. The third-order valence-corrected chi connectivity index (χ3v) is 4.61. The fraction of sp³-hybridized carbons (Fsp3) is 0.143. The van der Waals surface area contributed by atoms with E-state index in [-0.39, 0.29) is 13.0 Å². The maximum absolute atomic E-state index is 13.1. The van der Waals surface area contributed by atoms with Crippen LogP contribution in [0.3, 0.4) is 0 Å². The Hall–Kier alpha value is -2.39. The molecule has 0 amide bonds. The molecule has 6 nitrogen and oxygen atoms in total. The first kappa shape index (κ1) is 15.5. The highest BCUT2D eigenvalue weighted by Gasteiger charge is 2.16. The van der Waals surface area contributed by atoms with Crippen molar-refractivity contribution in [2.45, 2.75) is 11.3 Å². The van der Waals surface area contributed by atoms with Crippen LogP contribution in [0.15, 0.2) is 47.5 Å². The average Bonchev–Trinajstić information content (AvgIpc) is 2.90. The summed E-state index contributed by atoms with van der Waals surface area (Å²) in [5.74, 6) is -1.32. The highest BCUT2D eigenvalue weighted by atomic mass is 32.2. The maximum Gasteiger partial charge on any atom is 0.240 e. The van der Waals surface area contributed by atoms with Gasteiger partial charge in [-0.2, -0.15) is 0 Å². The minimum Gasteiger partial charge on any atom is -0.286 e. The molecule has 0 spiro atoms. The first-order valence-corrected chi connectivity index (χ1v) is 8.18. The third-order valence-electron chi connectivity index (χ3n) is 3.17. The van der Waals surface area contributed by atoms with Crippen LogP contribution in [0.1, 0.15) is 5.82 Å². The number of halogens is 2. The number of benzene rings is 1. The molecule has 0 aliphatic heterocycles. The number of sulfonamides is 1. The molecule has 0 aliphatic carbocycles. The van der Waals surface area contributed by atoms with Crippen molar-refractivity contribution in [1.29, 1.82) is 0 Å². The number of aromatic nitrogens is 3. The monoisotopic (exact) mass is 338 g/mol. The van der Waals surface area contributed by atoms with E-state index in [0.717, 1.165) is 12.1 Å². The number of pyridine rings is 1. The van der Waals surface area contributed by atoms with Gasteiger partial charge in [0.1, 0.15) is 17.5 Å². The molecular weight excluding hydrogens is 326 g/mol. The minimum atomic E-state index is -4.00. The van der Waals surface area contributed by atoms with Crippen molar-refractivity contribution in [1.82, 2.24) is 19.3 Å². The summed E-state index contributed by atoms with van der Waals surface area (Å²) in [6.45, 7) is 0.0240. The zero-order valence-electron chi connectivity index (χ0n) is 11.8. The van der Waals surface area contributed by atoms with Crippen LogP contribution < -0.4 is 4.72 Å². The molecule has 2 heterocycles. The van der Waals surface area contributed by atoms with Crippen LogP contribution >= 0.6 is 0 Å². The highest BCUT2D eigenvalue weighted by molar-refractivity contribution is 7.89. The predicted molar refractivity (Wildman–Crippen MR) is 78.2 cm³/mol. The SMILES string of the molecule is O=S(=O)(NCCc1nnc2ccccn12)c1cc(F)cc(F)c1. The normalized spacial score (nSPS) is 11.9. The molecule has 0 aliphatic rings. The molecule has 1 N–H and O–H groups in total. The number of fused-ring (bicyclic) bond motifs is 1. The van der Waals surface area contributed by atoms with E-state index in [1.54, 1.807) is 22.7 Å². The second-order valence-corrected chi connectivity index (χ2v) is 6.56. The van der Waals surface area contributed by atoms with Crippen LogP contribution in [0.4, 0.5) is 8.78 Å². The Labute approximate surface area is 130 Å². The van der Waals surface area contributed by atoms with Crippen molar-refractivity contribution in [2.75, 3.05) is 6.54 Å². The molecule has 0 fully saturated rings. The topological polar surface area (TPSA) is 76.4 Å². The minimum absolute atomic E-state index is 0.0240. The van der Waals surface area contributed by atoms with Gasteiger partial charge in [0.05, 0.1) is 4.90 Å². The van der Waals surface area contributed by atoms with E-state index in [9.17, 15) is 17.2 Å². The number of hydrogen-bond acceptors (Lipinski definition) is 4. The van der Waals surface area contributed by atoms with Gasteiger partial charge in [-0.1, -0.05) is 6.07 Å². The lowest BCUT2D eigenvalue weighted by atomic mass is 10.3. The summed E-state index contributed by atoms with van der Waals surface area (Å²) in [5.41, 5.74) is 0.651. The second kappa shape index (κ2) is 6.01. The molecule has 23 heavy (non-hydrogen) atoms. The Bertz CT molecular complexity index is 936. The zero-order chi connectivity index (χ0) is 16.4. The zero-order valence-corrected chi connectivity index (χ0v) is 12.6. The largest absolute Gasteiger partial charge is 0.286 e. The number of rotatable bonds is 5. The second-order valence-electron chi connectivity index (χ2n) is 4.80. The molecule has 2 aromatic heterocycles. The molecule has 120 valence electrons. The predicted octanol–water partition coefficient (Wildman–Crippen LogP) is 1.53. The molecule has 0 saturated carbocycles. The fourth-order valence-electron chi connectivity index (χ4n) is 2.13. The molecule has 0 bridgehead atoms. The molecular formula is C14H12F2N4O2S. The van der Waals surface area contributed by atoms with Crippen LogP contribution in [-0.4, -0.2) is 29.6 Å². The van der Waals surface area contributed by atoms with Gasteiger partial charge in [0.2, 0.25) is 10.0 Å². The molecule has 1 aromatic carbocycles. The van der Waals surface area contributed by atoms with E-state index in [1.807, 2.05) is 6.07 Å². The summed E-state index contributed by atoms with van der Waals surface area (Å²) < 4.78 is 54.4.